The van der Waals surface area contributed by atoms with E-state index in [-0.39, 0.29) is 5.91 Å². The summed E-state index contributed by atoms with van der Waals surface area (Å²) in [6.07, 6.45) is 5.47. The molecule has 6 nitrogen and oxygen atoms in total. The van der Waals surface area contributed by atoms with Crippen LogP contribution in [0.1, 0.15) is 25.0 Å². The van der Waals surface area contributed by atoms with E-state index in [4.69, 9.17) is 17.0 Å². The number of nitrogens with one attached hydrogen (secondary N) is 1. The monoisotopic (exact) mass is 356 g/mol. The SMILES string of the molecule is CCOc1ccc(/C=C2/NC(=S)N(Cc3cnn(CC)c3)C2=O)cc1. The minimum atomic E-state index is -0.136. The number of hydrogen-bond acceptors (Lipinski definition) is 4. The van der Waals surface area contributed by atoms with Gasteiger partial charge in [0, 0.05) is 18.3 Å². The molecule has 1 aliphatic rings. The molecule has 1 aliphatic heterocycles. The Morgan fingerprint density at radius 1 is 1.28 bits per heavy atom. The van der Waals surface area contributed by atoms with E-state index in [1.165, 1.54) is 0 Å². The van der Waals surface area contributed by atoms with E-state index in [0.717, 1.165) is 23.4 Å². The smallest absolute Gasteiger partial charge is 0.276 e. The van der Waals surface area contributed by atoms with Crippen molar-refractivity contribution in [3.05, 3.63) is 53.5 Å². The van der Waals surface area contributed by atoms with Gasteiger partial charge in [-0.25, -0.2) is 0 Å². The summed E-state index contributed by atoms with van der Waals surface area (Å²) in [6, 6.07) is 7.57. The molecule has 0 radical (unpaired) electrons. The molecule has 0 unspecified atom stereocenters. The Hall–Kier alpha value is -2.67. The molecule has 1 saturated heterocycles. The third-order valence-electron chi connectivity index (χ3n) is 3.82. The fourth-order valence-electron chi connectivity index (χ4n) is 2.55. The molecule has 1 aromatic carbocycles. The van der Waals surface area contributed by atoms with Crippen molar-refractivity contribution in [2.24, 2.45) is 0 Å². The van der Waals surface area contributed by atoms with Gasteiger partial charge in [0.1, 0.15) is 11.4 Å². The Morgan fingerprint density at radius 3 is 2.68 bits per heavy atom. The van der Waals surface area contributed by atoms with Gasteiger partial charge in [-0.3, -0.25) is 14.4 Å². The van der Waals surface area contributed by atoms with Gasteiger partial charge in [0.2, 0.25) is 0 Å². The first-order valence-electron chi connectivity index (χ1n) is 8.19. The highest BCUT2D eigenvalue weighted by Gasteiger charge is 2.30. The van der Waals surface area contributed by atoms with Crippen LogP contribution in [0.5, 0.6) is 5.75 Å². The number of benzene rings is 1. The van der Waals surface area contributed by atoms with Crippen molar-refractivity contribution in [2.45, 2.75) is 26.9 Å². The molecule has 1 fully saturated rings. The number of rotatable bonds is 6. The molecule has 1 aromatic heterocycles. The number of carbonyl (C=O) groups excluding carboxylic acids is 1. The van der Waals surface area contributed by atoms with Crippen LogP contribution in [0.2, 0.25) is 0 Å². The van der Waals surface area contributed by atoms with Crippen molar-refractivity contribution in [3.8, 4) is 5.75 Å². The highest BCUT2D eigenvalue weighted by atomic mass is 32.1. The summed E-state index contributed by atoms with van der Waals surface area (Å²) < 4.78 is 7.25. The summed E-state index contributed by atoms with van der Waals surface area (Å²) in [4.78, 5) is 14.2. The van der Waals surface area contributed by atoms with Crippen molar-refractivity contribution < 1.29 is 9.53 Å². The highest BCUT2D eigenvalue weighted by molar-refractivity contribution is 7.80. The molecule has 0 spiro atoms. The van der Waals surface area contributed by atoms with Crippen LogP contribution < -0.4 is 10.1 Å². The molecular weight excluding hydrogens is 336 g/mol. The van der Waals surface area contributed by atoms with E-state index in [0.29, 0.717) is 24.0 Å². The van der Waals surface area contributed by atoms with Crippen LogP contribution in [-0.2, 0) is 17.9 Å². The number of nitrogens with zero attached hydrogens (tertiary/aromatic N) is 3. The Morgan fingerprint density at radius 2 is 2.04 bits per heavy atom. The Labute approximate surface area is 152 Å². The molecule has 25 heavy (non-hydrogen) atoms. The lowest BCUT2D eigenvalue weighted by Crippen LogP contribution is -2.29. The molecule has 0 bridgehead atoms. The third kappa shape index (κ3) is 3.88. The average molecular weight is 356 g/mol. The Kier molecular flexibility index (Phi) is 5.14. The first kappa shape index (κ1) is 17.2. The second-order valence-corrected chi connectivity index (χ2v) is 5.97. The van der Waals surface area contributed by atoms with E-state index in [2.05, 4.69) is 10.4 Å². The summed E-state index contributed by atoms with van der Waals surface area (Å²) >= 11 is 5.31. The maximum atomic E-state index is 12.6. The molecule has 2 aromatic rings. The Bertz CT molecular complexity index is 811. The van der Waals surface area contributed by atoms with Crippen LogP contribution in [-0.4, -0.2) is 32.3 Å². The maximum Gasteiger partial charge on any atom is 0.276 e. The zero-order valence-corrected chi connectivity index (χ0v) is 15.0. The van der Waals surface area contributed by atoms with E-state index >= 15 is 0 Å². The van der Waals surface area contributed by atoms with Gasteiger partial charge in [-0.2, -0.15) is 5.10 Å². The van der Waals surface area contributed by atoms with Gasteiger partial charge in [0.25, 0.3) is 5.91 Å². The van der Waals surface area contributed by atoms with Gasteiger partial charge in [-0.1, -0.05) is 12.1 Å². The maximum absolute atomic E-state index is 12.6. The summed E-state index contributed by atoms with van der Waals surface area (Å²) in [7, 11) is 0. The van der Waals surface area contributed by atoms with Crippen LogP contribution in [0.3, 0.4) is 0 Å². The van der Waals surface area contributed by atoms with Crippen LogP contribution in [0.4, 0.5) is 0 Å². The first-order valence-corrected chi connectivity index (χ1v) is 8.60. The lowest BCUT2D eigenvalue weighted by Gasteiger charge is -2.12. The zero-order valence-electron chi connectivity index (χ0n) is 14.2. The molecule has 3 rings (SSSR count). The molecule has 0 atom stereocenters. The van der Waals surface area contributed by atoms with Crippen molar-refractivity contribution in [1.29, 1.82) is 0 Å². The second kappa shape index (κ2) is 7.48. The number of amides is 1. The standard InChI is InChI=1S/C18H20N4O2S/c1-3-21-11-14(10-19-21)12-22-17(23)16(20-18(22)25)9-13-5-7-15(8-6-13)24-4-2/h5-11H,3-4,12H2,1-2H3,(H,20,25)/b16-9+. The molecule has 1 N–H and O–H groups in total. The van der Waals surface area contributed by atoms with Gasteiger partial charge in [-0.05, 0) is 49.8 Å². The van der Waals surface area contributed by atoms with Crippen molar-refractivity contribution in [3.63, 3.8) is 0 Å². The van der Waals surface area contributed by atoms with Gasteiger partial charge in [-0.15, -0.1) is 0 Å². The lowest BCUT2D eigenvalue weighted by atomic mass is 10.2. The van der Waals surface area contributed by atoms with Crippen molar-refractivity contribution in [1.82, 2.24) is 20.0 Å². The summed E-state index contributed by atoms with van der Waals surface area (Å²) in [5.74, 6) is 0.670. The lowest BCUT2D eigenvalue weighted by molar-refractivity contribution is -0.122. The van der Waals surface area contributed by atoms with Crippen molar-refractivity contribution >= 4 is 29.3 Å². The summed E-state index contributed by atoms with van der Waals surface area (Å²) in [5.41, 5.74) is 2.32. The van der Waals surface area contributed by atoms with Crippen LogP contribution in [0, 0.1) is 0 Å². The number of thiocarbonyl (C=S) groups is 1. The van der Waals surface area contributed by atoms with E-state index in [1.807, 2.05) is 49.0 Å². The fraction of sp³-hybridized carbons (Fsp3) is 0.278. The molecule has 0 aliphatic carbocycles. The molecular formula is C18H20N4O2S. The van der Waals surface area contributed by atoms with Gasteiger partial charge < -0.3 is 10.1 Å². The Balaban J connectivity index is 1.73. The number of aromatic nitrogens is 2. The van der Waals surface area contributed by atoms with Crippen LogP contribution in [0.25, 0.3) is 6.08 Å². The second-order valence-electron chi connectivity index (χ2n) is 5.59. The van der Waals surface area contributed by atoms with Gasteiger partial charge in [0.15, 0.2) is 5.11 Å². The molecule has 130 valence electrons. The normalized spacial score (nSPS) is 15.8. The quantitative estimate of drug-likeness (QED) is 0.637. The molecule has 7 heteroatoms. The largest absolute Gasteiger partial charge is 0.494 e. The van der Waals surface area contributed by atoms with Crippen LogP contribution >= 0.6 is 12.2 Å². The average Bonchev–Trinajstić information content (AvgIpc) is 3.17. The predicted molar refractivity (Wildman–Crippen MR) is 99.8 cm³/mol. The molecule has 0 saturated carbocycles. The summed E-state index contributed by atoms with van der Waals surface area (Å²) in [5, 5.41) is 7.63. The highest BCUT2D eigenvalue weighted by Crippen LogP contribution is 2.19. The molecule has 1 amide bonds. The number of carbonyl (C=O) groups is 1. The minimum Gasteiger partial charge on any atom is -0.494 e. The minimum absolute atomic E-state index is 0.136. The predicted octanol–water partition coefficient (Wildman–Crippen LogP) is 2.56. The third-order valence-corrected chi connectivity index (χ3v) is 4.14. The fourth-order valence-corrected chi connectivity index (χ4v) is 2.81. The van der Waals surface area contributed by atoms with Gasteiger partial charge in [0.05, 0.1) is 19.3 Å². The zero-order chi connectivity index (χ0) is 17.8. The van der Waals surface area contributed by atoms with E-state index in [9.17, 15) is 4.79 Å². The van der Waals surface area contributed by atoms with E-state index < -0.39 is 0 Å². The first-order chi connectivity index (χ1) is 12.1. The topological polar surface area (TPSA) is 59.4 Å². The number of aryl methyl sites for hydroxylation is 1. The van der Waals surface area contributed by atoms with Crippen LogP contribution in [0.15, 0.2) is 42.4 Å². The van der Waals surface area contributed by atoms with Crippen molar-refractivity contribution in [2.75, 3.05) is 6.61 Å². The summed E-state index contributed by atoms with van der Waals surface area (Å²) in [6.45, 7) is 5.78. The molecule has 2 heterocycles. The van der Waals surface area contributed by atoms with E-state index in [1.54, 1.807) is 17.2 Å². The van der Waals surface area contributed by atoms with Gasteiger partial charge >= 0.3 is 0 Å². The number of hydrogen-bond donors (Lipinski definition) is 1. The number of ether oxygens (including phenoxy) is 1.